The highest BCUT2D eigenvalue weighted by Gasteiger charge is 2.28. The van der Waals surface area contributed by atoms with Gasteiger partial charge in [-0.15, -0.1) is 0 Å². The van der Waals surface area contributed by atoms with Crippen molar-refractivity contribution in [2.24, 2.45) is 5.73 Å². The number of carbonyl (C=O) groups excluding carboxylic acids is 1. The second kappa shape index (κ2) is 6.55. The number of hydrogen-bond acceptors (Lipinski definition) is 5. The van der Waals surface area contributed by atoms with Crippen LogP contribution < -0.4 is 11.1 Å². The first-order valence-corrected chi connectivity index (χ1v) is 8.78. The lowest BCUT2D eigenvalue weighted by molar-refractivity contribution is -0.120. The van der Waals surface area contributed by atoms with Gasteiger partial charge in [-0.25, -0.2) is 8.42 Å². The molecule has 0 radical (unpaired) electrons. The number of nitrogens with zero attached hydrogens (tertiary/aromatic N) is 1. The van der Waals surface area contributed by atoms with Crippen LogP contribution in [0.15, 0.2) is 24.3 Å². The Morgan fingerprint density at radius 3 is 2.57 bits per heavy atom. The predicted octanol–water partition coefficient (Wildman–Crippen LogP) is 0.203. The average molecular weight is 311 g/mol. The summed E-state index contributed by atoms with van der Waals surface area (Å²) in [5, 5.41) is 2.87. The lowest BCUT2D eigenvalue weighted by atomic mass is 10.1. The Morgan fingerprint density at radius 1 is 1.33 bits per heavy atom. The predicted molar refractivity (Wildman–Crippen MR) is 82.7 cm³/mol. The molecule has 0 aromatic heterocycles. The Hall–Kier alpha value is -1.44. The van der Waals surface area contributed by atoms with Crippen LogP contribution in [-0.2, 0) is 21.2 Å². The Bertz CT molecular complexity index is 602. The summed E-state index contributed by atoms with van der Waals surface area (Å²) in [6.45, 7) is 2.94. The molecule has 1 aliphatic rings. The number of amides is 1. The van der Waals surface area contributed by atoms with Crippen molar-refractivity contribution in [3.63, 3.8) is 0 Å². The largest absolute Gasteiger partial charge is 0.326 e. The van der Waals surface area contributed by atoms with Crippen LogP contribution in [0.5, 0.6) is 0 Å². The van der Waals surface area contributed by atoms with Gasteiger partial charge in [-0.3, -0.25) is 9.69 Å². The van der Waals surface area contributed by atoms with E-state index in [1.165, 1.54) is 0 Å². The smallest absolute Gasteiger partial charge is 0.241 e. The number of anilines is 1. The van der Waals surface area contributed by atoms with Crippen LogP contribution in [0, 0.1) is 0 Å². The summed E-state index contributed by atoms with van der Waals surface area (Å²) in [7, 11) is -2.93. The quantitative estimate of drug-likeness (QED) is 0.829. The fraction of sp³-hybridized carbons (Fsp3) is 0.500. The molecule has 1 saturated heterocycles. The number of nitrogens with two attached hydrogens (primary N) is 1. The van der Waals surface area contributed by atoms with Gasteiger partial charge in [0, 0.05) is 25.3 Å². The molecule has 2 rings (SSSR count). The summed E-state index contributed by atoms with van der Waals surface area (Å²) in [6.07, 6.45) is 0. The van der Waals surface area contributed by atoms with E-state index in [0.717, 1.165) is 5.56 Å². The summed E-state index contributed by atoms with van der Waals surface area (Å²) in [6, 6.07) is 7.02. The third-order valence-electron chi connectivity index (χ3n) is 3.80. The van der Waals surface area contributed by atoms with Crippen molar-refractivity contribution in [3.05, 3.63) is 29.8 Å². The molecule has 7 heteroatoms. The van der Waals surface area contributed by atoms with Crippen LogP contribution in [0.4, 0.5) is 5.69 Å². The maximum absolute atomic E-state index is 12.3. The van der Waals surface area contributed by atoms with Gasteiger partial charge in [0.15, 0.2) is 9.84 Å². The zero-order valence-corrected chi connectivity index (χ0v) is 12.9. The molecule has 1 unspecified atom stereocenters. The average Bonchev–Trinajstić information content (AvgIpc) is 2.47. The van der Waals surface area contributed by atoms with Gasteiger partial charge >= 0.3 is 0 Å². The number of rotatable bonds is 4. The van der Waals surface area contributed by atoms with Crippen LogP contribution in [0.1, 0.15) is 12.5 Å². The minimum Gasteiger partial charge on any atom is -0.326 e. The molecule has 1 fully saturated rings. The lowest BCUT2D eigenvalue weighted by Crippen LogP contribution is -2.49. The highest BCUT2D eigenvalue weighted by molar-refractivity contribution is 7.91. The van der Waals surface area contributed by atoms with Gasteiger partial charge < -0.3 is 11.1 Å². The van der Waals surface area contributed by atoms with E-state index < -0.39 is 9.84 Å². The first kappa shape index (κ1) is 15.9. The SMILES string of the molecule is CC(C(=O)Nc1ccccc1CN)N1CCS(=O)(=O)CC1. The fourth-order valence-corrected chi connectivity index (χ4v) is 3.57. The van der Waals surface area contributed by atoms with Crippen LogP contribution in [0.3, 0.4) is 0 Å². The van der Waals surface area contributed by atoms with E-state index in [1.54, 1.807) is 6.92 Å². The number of benzene rings is 1. The summed E-state index contributed by atoms with van der Waals surface area (Å²) < 4.78 is 22.8. The van der Waals surface area contributed by atoms with Gasteiger partial charge in [0.2, 0.25) is 5.91 Å². The number of nitrogens with one attached hydrogen (secondary N) is 1. The molecule has 1 aromatic rings. The number of para-hydroxylation sites is 1. The molecule has 0 spiro atoms. The van der Waals surface area contributed by atoms with Gasteiger partial charge in [-0.05, 0) is 18.6 Å². The van der Waals surface area contributed by atoms with Gasteiger partial charge in [0.25, 0.3) is 0 Å². The first-order valence-electron chi connectivity index (χ1n) is 6.96. The minimum atomic E-state index is -2.93. The minimum absolute atomic E-state index is 0.115. The van der Waals surface area contributed by atoms with E-state index in [4.69, 9.17) is 5.73 Å². The highest BCUT2D eigenvalue weighted by Crippen LogP contribution is 2.16. The van der Waals surface area contributed by atoms with E-state index in [1.807, 2.05) is 29.2 Å². The molecule has 1 amide bonds. The summed E-state index contributed by atoms with van der Waals surface area (Å²) >= 11 is 0. The molecule has 6 nitrogen and oxygen atoms in total. The third kappa shape index (κ3) is 4.03. The maximum Gasteiger partial charge on any atom is 0.241 e. The Labute approximate surface area is 125 Å². The Kier molecular flexibility index (Phi) is 4.97. The van der Waals surface area contributed by atoms with Crippen LogP contribution in [0.2, 0.25) is 0 Å². The van der Waals surface area contributed by atoms with E-state index in [-0.39, 0.29) is 23.5 Å². The lowest BCUT2D eigenvalue weighted by Gasteiger charge is -2.31. The molecule has 3 N–H and O–H groups in total. The molecule has 1 aliphatic heterocycles. The van der Waals surface area contributed by atoms with E-state index in [0.29, 0.717) is 25.3 Å². The standard InChI is InChI=1S/C14H21N3O3S/c1-11(17-6-8-21(19,20)9-7-17)14(18)16-13-5-3-2-4-12(13)10-15/h2-5,11H,6-10,15H2,1H3,(H,16,18). The van der Waals surface area contributed by atoms with Crippen molar-refractivity contribution in [1.82, 2.24) is 4.90 Å². The van der Waals surface area contributed by atoms with Crippen LogP contribution in [-0.4, -0.2) is 49.9 Å². The highest BCUT2D eigenvalue weighted by atomic mass is 32.2. The van der Waals surface area contributed by atoms with Gasteiger partial charge in [-0.2, -0.15) is 0 Å². The number of hydrogen-bond donors (Lipinski definition) is 2. The fourth-order valence-electron chi connectivity index (χ4n) is 2.34. The summed E-state index contributed by atoms with van der Waals surface area (Å²) in [5.41, 5.74) is 7.23. The molecule has 0 saturated carbocycles. The Balaban J connectivity index is 2.00. The zero-order valence-electron chi connectivity index (χ0n) is 12.1. The summed E-state index contributed by atoms with van der Waals surface area (Å²) in [5.74, 6) is 0.0868. The molecule has 1 heterocycles. The van der Waals surface area contributed by atoms with Crippen LogP contribution >= 0.6 is 0 Å². The summed E-state index contributed by atoms with van der Waals surface area (Å²) in [4.78, 5) is 14.2. The van der Waals surface area contributed by atoms with Gasteiger partial charge in [-0.1, -0.05) is 18.2 Å². The van der Waals surface area contributed by atoms with Gasteiger partial charge in [0.1, 0.15) is 0 Å². The second-order valence-electron chi connectivity index (χ2n) is 5.21. The van der Waals surface area contributed by atoms with Crippen LogP contribution in [0.25, 0.3) is 0 Å². The normalized spacial score (nSPS) is 19.9. The molecule has 21 heavy (non-hydrogen) atoms. The van der Waals surface area contributed by atoms with Crippen molar-refractivity contribution >= 4 is 21.4 Å². The molecule has 1 atom stereocenters. The van der Waals surface area contributed by atoms with Gasteiger partial charge in [0.05, 0.1) is 17.5 Å². The molecular weight excluding hydrogens is 290 g/mol. The molecule has 1 aromatic carbocycles. The van der Waals surface area contributed by atoms with Crippen molar-refractivity contribution in [3.8, 4) is 0 Å². The van der Waals surface area contributed by atoms with Crippen molar-refractivity contribution < 1.29 is 13.2 Å². The molecular formula is C14H21N3O3S. The van der Waals surface area contributed by atoms with E-state index >= 15 is 0 Å². The van der Waals surface area contributed by atoms with Crippen molar-refractivity contribution in [2.75, 3.05) is 29.9 Å². The third-order valence-corrected chi connectivity index (χ3v) is 5.41. The molecule has 0 aliphatic carbocycles. The van der Waals surface area contributed by atoms with E-state index in [2.05, 4.69) is 5.32 Å². The van der Waals surface area contributed by atoms with E-state index in [9.17, 15) is 13.2 Å². The number of carbonyl (C=O) groups is 1. The zero-order chi connectivity index (χ0) is 15.5. The molecule has 0 bridgehead atoms. The Morgan fingerprint density at radius 2 is 1.95 bits per heavy atom. The maximum atomic E-state index is 12.3. The first-order chi connectivity index (χ1) is 9.93. The monoisotopic (exact) mass is 311 g/mol. The van der Waals surface area contributed by atoms with Crippen molar-refractivity contribution in [1.29, 1.82) is 0 Å². The molecule has 116 valence electrons. The topological polar surface area (TPSA) is 92.5 Å². The number of sulfone groups is 1. The van der Waals surface area contributed by atoms with Crippen molar-refractivity contribution in [2.45, 2.75) is 19.5 Å². The second-order valence-corrected chi connectivity index (χ2v) is 7.52.